The maximum Gasteiger partial charge on any atom is 0.149 e. The van der Waals surface area contributed by atoms with Crippen LogP contribution in [0.25, 0.3) is 0 Å². The van der Waals surface area contributed by atoms with Crippen LogP contribution in [-0.4, -0.2) is 16.9 Å². The van der Waals surface area contributed by atoms with Gasteiger partial charge in [0, 0.05) is 10.6 Å². The first-order valence-corrected chi connectivity index (χ1v) is 15.5. The average molecular weight is 529 g/mol. The van der Waals surface area contributed by atoms with E-state index in [-0.39, 0.29) is 6.10 Å². The molecule has 1 saturated carbocycles. The Morgan fingerprint density at radius 2 is 1.37 bits per heavy atom. The predicted molar refractivity (Wildman–Crippen MR) is 153 cm³/mol. The van der Waals surface area contributed by atoms with Crippen molar-refractivity contribution in [3.63, 3.8) is 0 Å². The van der Waals surface area contributed by atoms with E-state index in [1.165, 1.54) is 19.3 Å². The number of aliphatic hydroxyl groups is 1. The molecule has 1 heterocycles. The molecule has 1 N–H and O–H groups in total. The first-order chi connectivity index (χ1) is 18.7. The van der Waals surface area contributed by atoms with Crippen LogP contribution in [0.1, 0.15) is 56.0 Å². The summed E-state index contributed by atoms with van der Waals surface area (Å²) >= 11 is 0. The molecule has 0 spiro atoms. The molecule has 1 fully saturated rings. The van der Waals surface area contributed by atoms with Gasteiger partial charge in [-0.3, -0.25) is 0 Å². The van der Waals surface area contributed by atoms with E-state index in [0.717, 1.165) is 29.0 Å². The maximum absolute atomic E-state index is 15.5. The molecule has 1 aliphatic rings. The Hall–Kier alpha value is -2.91. The van der Waals surface area contributed by atoms with E-state index in [1.54, 1.807) is 18.4 Å². The molecule has 1 aliphatic carbocycles. The lowest BCUT2D eigenvalue weighted by molar-refractivity contribution is -0.0230. The third-order valence-electron chi connectivity index (χ3n) is 7.90. The molecule has 198 valence electrons. The van der Waals surface area contributed by atoms with Crippen molar-refractivity contribution >= 4 is 17.8 Å². The lowest BCUT2D eigenvalue weighted by Crippen LogP contribution is -2.37. The van der Waals surface area contributed by atoms with Gasteiger partial charge in [0.2, 0.25) is 0 Å². The maximum atomic E-state index is 15.5. The van der Waals surface area contributed by atoms with Gasteiger partial charge in [-0.2, -0.15) is 0 Å². The largest absolute Gasteiger partial charge is 0.467 e. The molecule has 4 aromatic rings. The molecule has 5 heteroatoms. The molecule has 3 atom stereocenters. The van der Waals surface area contributed by atoms with Gasteiger partial charge in [0.1, 0.15) is 19.0 Å². The monoisotopic (exact) mass is 528 g/mol. The van der Waals surface area contributed by atoms with E-state index >= 15 is 4.57 Å². The molecule has 0 aliphatic heterocycles. The van der Waals surface area contributed by atoms with E-state index in [9.17, 15) is 5.11 Å². The number of aliphatic hydroxyl groups excluding tert-OH is 1. The Balaban J connectivity index is 1.57. The molecule has 0 radical (unpaired) electrons. The van der Waals surface area contributed by atoms with Crippen molar-refractivity contribution in [1.29, 1.82) is 0 Å². The van der Waals surface area contributed by atoms with Gasteiger partial charge in [0.05, 0.1) is 24.6 Å². The summed E-state index contributed by atoms with van der Waals surface area (Å²) in [5.74, 6) is 0.798. The molecule has 0 amide bonds. The molecular formula is C33H37O4P. The van der Waals surface area contributed by atoms with Gasteiger partial charge >= 0.3 is 0 Å². The lowest BCUT2D eigenvalue weighted by atomic mass is 9.83. The third-order valence-corrected chi connectivity index (χ3v) is 11.5. The number of rotatable bonds is 11. The highest BCUT2D eigenvalue weighted by atomic mass is 31.2. The van der Waals surface area contributed by atoms with Crippen LogP contribution in [0.5, 0.6) is 0 Å². The average Bonchev–Trinajstić information content (AvgIpc) is 3.54. The van der Waals surface area contributed by atoms with Gasteiger partial charge < -0.3 is 18.8 Å². The Labute approximate surface area is 226 Å². The van der Waals surface area contributed by atoms with Crippen molar-refractivity contribution in [2.45, 2.75) is 63.0 Å². The van der Waals surface area contributed by atoms with E-state index in [4.69, 9.17) is 9.15 Å². The van der Waals surface area contributed by atoms with Crippen LogP contribution in [0.15, 0.2) is 114 Å². The minimum atomic E-state index is -3.32. The minimum Gasteiger partial charge on any atom is -0.467 e. The number of ether oxygens (including phenoxy) is 1. The van der Waals surface area contributed by atoms with E-state index < -0.39 is 18.9 Å². The fraction of sp³-hybridized carbons (Fsp3) is 0.333. The Morgan fingerprint density at radius 1 is 0.789 bits per heavy atom. The fourth-order valence-electron chi connectivity index (χ4n) is 5.87. The van der Waals surface area contributed by atoms with Gasteiger partial charge in [-0.15, -0.1) is 0 Å². The van der Waals surface area contributed by atoms with Gasteiger partial charge in [0.25, 0.3) is 0 Å². The van der Waals surface area contributed by atoms with Crippen LogP contribution >= 0.6 is 7.14 Å². The summed E-state index contributed by atoms with van der Waals surface area (Å²) in [6.45, 7) is 0.493. The highest BCUT2D eigenvalue weighted by Crippen LogP contribution is 2.55. The summed E-state index contributed by atoms with van der Waals surface area (Å²) < 4.78 is 27.8. The zero-order chi connectivity index (χ0) is 26.2. The molecular weight excluding hydrogens is 491 g/mol. The fourth-order valence-corrected chi connectivity index (χ4v) is 9.22. The van der Waals surface area contributed by atoms with Gasteiger partial charge in [0.15, 0.2) is 0 Å². The number of hydrogen-bond donors (Lipinski definition) is 1. The normalized spacial score (nSPS) is 17.1. The van der Waals surface area contributed by atoms with Crippen LogP contribution in [0, 0.1) is 5.92 Å². The third kappa shape index (κ3) is 6.04. The Morgan fingerprint density at radius 3 is 1.92 bits per heavy atom. The van der Waals surface area contributed by atoms with Crippen molar-refractivity contribution in [3.05, 3.63) is 121 Å². The molecule has 5 rings (SSSR count). The zero-order valence-corrected chi connectivity index (χ0v) is 22.7. The lowest BCUT2D eigenvalue weighted by Gasteiger charge is -2.37. The van der Waals surface area contributed by atoms with Crippen molar-refractivity contribution in [1.82, 2.24) is 0 Å². The molecule has 0 bridgehead atoms. The summed E-state index contributed by atoms with van der Waals surface area (Å²) in [6.07, 6.45) is 6.64. The van der Waals surface area contributed by atoms with Crippen molar-refractivity contribution in [2.24, 2.45) is 5.92 Å². The summed E-state index contributed by atoms with van der Waals surface area (Å²) in [4.78, 5) is 0. The van der Waals surface area contributed by atoms with Crippen LogP contribution in [0.2, 0.25) is 0 Å². The van der Waals surface area contributed by atoms with E-state index in [1.807, 2.05) is 78.9 Å². The number of hydrogen-bond acceptors (Lipinski definition) is 4. The number of benzene rings is 3. The second kappa shape index (κ2) is 12.8. The van der Waals surface area contributed by atoms with Crippen LogP contribution < -0.4 is 10.6 Å². The minimum absolute atomic E-state index is 0.133. The predicted octanol–water partition coefficient (Wildman–Crippen LogP) is 7.25. The summed E-state index contributed by atoms with van der Waals surface area (Å²) in [5.41, 5.74) is 0.506. The van der Waals surface area contributed by atoms with E-state index in [2.05, 4.69) is 12.1 Å². The molecule has 38 heavy (non-hydrogen) atoms. The molecule has 0 unspecified atom stereocenters. The van der Waals surface area contributed by atoms with Crippen molar-refractivity contribution < 1.29 is 18.8 Å². The molecule has 4 nitrogen and oxygen atoms in total. The Bertz CT molecular complexity index is 1230. The van der Waals surface area contributed by atoms with Gasteiger partial charge in [-0.05, 0) is 42.9 Å². The quantitative estimate of drug-likeness (QED) is 0.208. The first-order valence-electron chi connectivity index (χ1n) is 13.7. The molecule has 0 saturated heterocycles. The standard InChI is InChI=1S/C33H37O4P/c34-33(30-22-13-23-36-30)32(38(35,28-18-9-3-10-19-28)29-20-11-4-12-21-29)24-31(27-16-7-2-8-17-27)37-25-26-14-5-1-6-15-26/h1,3-6,9-15,18-23,27,31-34H,2,7-8,16-17,24-25H2/t31-,32+,33+/m0/s1. The Kier molecular flexibility index (Phi) is 8.96. The number of furan rings is 1. The topological polar surface area (TPSA) is 59.7 Å². The highest BCUT2D eigenvalue weighted by molar-refractivity contribution is 7.79. The zero-order valence-electron chi connectivity index (χ0n) is 21.8. The van der Waals surface area contributed by atoms with Crippen molar-refractivity contribution in [2.75, 3.05) is 0 Å². The highest BCUT2D eigenvalue weighted by Gasteiger charge is 2.45. The van der Waals surface area contributed by atoms with E-state index in [0.29, 0.717) is 24.7 Å². The molecule has 1 aromatic heterocycles. The second-order valence-electron chi connectivity index (χ2n) is 10.3. The summed E-state index contributed by atoms with van der Waals surface area (Å²) in [7, 11) is -3.32. The van der Waals surface area contributed by atoms with Crippen LogP contribution in [-0.2, 0) is 15.9 Å². The van der Waals surface area contributed by atoms with Crippen LogP contribution in [0.4, 0.5) is 0 Å². The second-order valence-corrected chi connectivity index (χ2v) is 13.3. The van der Waals surface area contributed by atoms with Crippen LogP contribution in [0.3, 0.4) is 0 Å². The smallest absolute Gasteiger partial charge is 0.149 e. The van der Waals surface area contributed by atoms with Gasteiger partial charge in [-0.1, -0.05) is 110 Å². The molecule has 3 aromatic carbocycles. The van der Waals surface area contributed by atoms with Gasteiger partial charge in [-0.25, -0.2) is 0 Å². The SMILES string of the molecule is O=P(c1ccccc1)(c1ccccc1)[C@H](C[C@H](OCc1ccccc1)C1CCCCC1)[C@H](O)c1ccco1. The summed E-state index contributed by atoms with van der Waals surface area (Å²) in [6, 6.07) is 33.0. The first kappa shape index (κ1) is 26.7. The summed E-state index contributed by atoms with van der Waals surface area (Å²) in [5, 5.41) is 13.3. The van der Waals surface area contributed by atoms with Crippen molar-refractivity contribution in [3.8, 4) is 0 Å².